The zero-order valence-corrected chi connectivity index (χ0v) is 5.63. The number of nitrogens with zero attached hydrogens (tertiary/aromatic N) is 1. The second kappa shape index (κ2) is 8.25. The van der Waals surface area contributed by atoms with Crippen molar-refractivity contribution >= 4 is 6.41 Å². The molecule has 0 rings (SSSR count). The van der Waals surface area contributed by atoms with Crippen molar-refractivity contribution in [2.24, 2.45) is 11.6 Å². The van der Waals surface area contributed by atoms with E-state index in [-0.39, 0.29) is 13.0 Å². The average molecular weight is 155 g/mol. The molecule has 10 heavy (non-hydrogen) atoms. The molecule has 0 saturated heterocycles. The Hall–Kier alpha value is -0.750. The highest BCUT2D eigenvalue weighted by atomic mass is 19.3. The van der Waals surface area contributed by atoms with Crippen molar-refractivity contribution in [1.29, 1.82) is 0 Å². The van der Waals surface area contributed by atoms with E-state index in [9.17, 15) is 8.78 Å². The van der Waals surface area contributed by atoms with Gasteiger partial charge in [-0.25, -0.2) is 13.8 Å². The minimum atomic E-state index is -2.32. The summed E-state index contributed by atoms with van der Waals surface area (Å²) in [5, 5.41) is 0.949. The van der Waals surface area contributed by atoms with Gasteiger partial charge in [0.25, 0.3) is 6.43 Å². The molecule has 0 aromatic carbocycles. The second-order valence-corrected chi connectivity index (χ2v) is 1.47. The zero-order chi connectivity index (χ0) is 8.57. The first-order valence-corrected chi connectivity index (χ1v) is 2.44. The highest BCUT2D eigenvalue weighted by Gasteiger charge is 2.01. The number of nitrogens with two attached hydrogens (primary N) is 2. The van der Waals surface area contributed by atoms with E-state index in [1.165, 1.54) is 7.05 Å². The molecular weight excluding hydrogens is 144 g/mol. The first kappa shape index (κ1) is 12.0. The Bertz CT molecular complexity index is 72.9. The molecule has 0 bridgehead atoms. The van der Waals surface area contributed by atoms with E-state index in [0.29, 0.717) is 0 Å². The van der Waals surface area contributed by atoms with Crippen molar-refractivity contribution in [1.82, 2.24) is 5.01 Å². The SMILES string of the molecule is CN(N)CC(F)F.NC=O. The molecule has 0 spiro atoms. The summed E-state index contributed by atoms with van der Waals surface area (Å²) in [7, 11) is 1.40. The van der Waals surface area contributed by atoms with Crippen LogP contribution in [0.4, 0.5) is 8.78 Å². The third-order valence-corrected chi connectivity index (χ3v) is 0.426. The molecule has 0 aromatic heterocycles. The van der Waals surface area contributed by atoms with E-state index in [2.05, 4.69) is 5.73 Å². The van der Waals surface area contributed by atoms with E-state index in [4.69, 9.17) is 10.6 Å². The van der Waals surface area contributed by atoms with Crippen molar-refractivity contribution in [3.8, 4) is 0 Å². The predicted octanol–water partition coefficient (Wildman–Crippen LogP) is -0.841. The van der Waals surface area contributed by atoms with Crippen LogP contribution in [0, 0.1) is 0 Å². The van der Waals surface area contributed by atoms with Crippen molar-refractivity contribution < 1.29 is 13.6 Å². The lowest BCUT2D eigenvalue weighted by Gasteiger charge is -2.05. The Morgan fingerprint density at radius 3 is 2.00 bits per heavy atom. The zero-order valence-electron chi connectivity index (χ0n) is 5.63. The average Bonchev–Trinajstić information content (AvgIpc) is 1.62. The first-order chi connectivity index (χ1) is 4.54. The van der Waals surface area contributed by atoms with Crippen LogP contribution in [0.15, 0.2) is 0 Å². The predicted molar refractivity (Wildman–Crippen MR) is 33.1 cm³/mol. The number of carbonyl (C=O) groups is 1. The van der Waals surface area contributed by atoms with Crippen LogP contribution in [0.2, 0.25) is 0 Å². The molecular formula is C4H11F2N3O. The summed E-state index contributed by atoms with van der Waals surface area (Å²) < 4.78 is 22.3. The number of alkyl halides is 2. The number of hydrogen-bond donors (Lipinski definition) is 2. The number of hydrogen-bond acceptors (Lipinski definition) is 3. The standard InChI is InChI=1S/C3H8F2N2.CH3NO/c1-7(6)2-3(4)5;2-1-3/h3H,2,6H2,1H3;1H,(H2,2,3). The van der Waals surface area contributed by atoms with Crippen LogP contribution in [-0.2, 0) is 4.79 Å². The van der Waals surface area contributed by atoms with Crippen molar-refractivity contribution in [2.75, 3.05) is 13.6 Å². The molecule has 0 heterocycles. The molecule has 62 valence electrons. The third-order valence-electron chi connectivity index (χ3n) is 0.426. The van der Waals surface area contributed by atoms with E-state index in [1.54, 1.807) is 0 Å². The van der Waals surface area contributed by atoms with Gasteiger partial charge in [0.2, 0.25) is 6.41 Å². The molecule has 6 heteroatoms. The van der Waals surface area contributed by atoms with Gasteiger partial charge in [0.15, 0.2) is 0 Å². The van der Waals surface area contributed by atoms with Gasteiger partial charge in [-0.2, -0.15) is 0 Å². The monoisotopic (exact) mass is 155 g/mol. The van der Waals surface area contributed by atoms with E-state index in [1.807, 2.05) is 0 Å². The lowest BCUT2D eigenvalue weighted by Crippen LogP contribution is -2.30. The summed E-state index contributed by atoms with van der Waals surface area (Å²) in [6, 6.07) is 0. The summed E-state index contributed by atoms with van der Waals surface area (Å²) in [6.45, 7) is -0.361. The topological polar surface area (TPSA) is 72.3 Å². The van der Waals surface area contributed by atoms with Gasteiger partial charge in [0.05, 0.1) is 6.54 Å². The maximum absolute atomic E-state index is 11.2. The Morgan fingerprint density at radius 2 is 2.00 bits per heavy atom. The fourth-order valence-corrected chi connectivity index (χ4v) is 0.218. The molecule has 0 aliphatic carbocycles. The van der Waals surface area contributed by atoms with Crippen molar-refractivity contribution in [3.05, 3.63) is 0 Å². The second-order valence-electron chi connectivity index (χ2n) is 1.47. The number of hydrazine groups is 1. The quantitative estimate of drug-likeness (QED) is 0.310. The van der Waals surface area contributed by atoms with Gasteiger partial charge in [-0.3, -0.25) is 10.6 Å². The van der Waals surface area contributed by atoms with Crippen molar-refractivity contribution in [2.45, 2.75) is 6.43 Å². The Morgan fingerprint density at radius 1 is 1.70 bits per heavy atom. The molecule has 0 aromatic rings. The third kappa shape index (κ3) is 26.8. The van der Waals surface area contributed by atoms with Gasteiger partial charge in [0, 0.05) is 7.05 Å². The summed E-state index contributed by atoms with van der Waals surface area (Å²) in [4.78, 5) is 8.58. The minimum Gasteiger partial charge on any atom is -0.372 e. The van der Waals surface area contributed by atoms with Crippen LogP contribution in [0.3, 0.4) is 0 Å². The van der Waals surface area contributed by atoms with Crippen LogP contribution in [0.25, 0.3) is 0 Å². The summed E-state index contributed by atoms with van der Waals surface area (Å²) >= 11 is 0. The van der Waals surface area contributed by atoms with Crippen LogP contribution in [0.5, 0.6) is 0 Å². The maximum Gasteiger partial charge on any atom is 0.252 e. The first-order valence-electron chi connectivity index (χ1n) is 2.44. The van der Waals surface area contributed by atoms with Crippen LogP contribution in [-0.4, -0.2) is 31.4 Å². The van der Waals surface area contributed by atoms with Crippen LogP contribution >= 0.6 is 0 Å². The van der Waals surface area contributed by atoms with E-state index in [0.717, 1.165) is 5.01 Å². The van der Waals surface area contributed by atoms with E-state index < -0.39 is 6.43 Å². The summed E-state index contributed by atoms with van der Waals surface area (Å²) in [5.74, 6) is 4.85. The van der Waals surface area contributed by atoms with Gasteiger partial charge in [-0.1, -0.05) is 0 Å². The van der Waals surface area contributed by atoms with Crippen molar-refractivity contribution in [3.63, 3.8) is 0 Å². The number of rotatable bonds is 2. The van der Waals surface area contributed by atoms with Gasteiger partial charge in [-0.05, 0) is 0 Å². The maximum atomic E-state index is 11.2. The lowest BCUT2D eigenvalue weighted by molar-refractivity contribution is -0.106. The smallest absolute Gasteiger partial charge is 0.252 e. The molecule has 0 unspecified atom stereocenters. The molecule has 1 amide bonds. The molecule has 0 aliphatic rings. The largest absolute Gasteiger partial charge is 0.372 e. The number of carbonyl (C=O) groups excluding carboxylic acids is 1. The highest BCUT2D eigenvalue weighted by Crippen LogP contribution is 1.89. The summed E-state index contributed by atoms with van der Waals surface area (Å²) in [5.41, 5.74) is 4.17. The molecule has 0 saturated carbocycles. The van der Waals surface area contributed by atoms with E-state index >= 15 is 0 Å². The lowest BCUT2D eigenvalue weighted by atomic mass is 10.7. The number of primary amides is 1. The minimum absolute atomic E-state index is 0.250. The fourth-order valence-electron chi connectivity index (χ4n) is 0.218. The molecule has 0 radical (unpaired) electrons. The van der Waals surface area contributed by atoms with Gasteiger partial charge >= 0.3 is 0 Å². The number of halogens is 2. The molecule has 0 aliphatic heterocycles. The van der Waals surface area contributed by atoms with Crippen LogP contribution < -0.4 is 11.6 Å². The Kier molecular flexibility index (Phi) is 9.88. The number of amides is 1. The molecule has 4 N–H and O–H groups in total. The summed E-state index contributed by atoms with van der Waals surface area (Å²) in [6.07, 6.45) is -2.07. The van der Waals surface area contributed by atoms with Crippen LogP contribution in [0.1, 0.15) is 0 Å². The van der Waals surface area contributed by atoms with Gasteiger partial charge in [-0.15, -0.1) is 0 Å². The fraction of sp³-hybridized carbons (Fsp3) is 0.750. The molecule has 4 nitrogen and oxygen atoms in total. The van der Waals surface area contributed by atoms with Gasteiger partial charge < -0.3 is 5.73 Å². The normalized spacial score (nSPS) is 9.00. The Balaban J connectivity index is 0. The molecule has 0 atom stereocenters. The van der Waals surface area contributed by atoms with Gasteiger partial charge in [0.1, 0.15) is 0 Å². The molecule has 0 fully saturated rings. The highest BCUT2D eigenvalue weighted by molar-refractivity contribution is 5.42. The Labute approximate surface area is 57.7 Å².